The average molecular weight is 337 g/mol. The number of benzene rings is 1. The summed E-state index contributed by atoms with van der Waals surface area (Å²) in [6.07, 6.45) is 3.99. The van der Waals surface area contributed by atoms with Crippen molar-refractivity contribution in [2.75, 3.05) is 0 Å². The number of carboxylic acids is 1. The molecule has 1 aliphatic rings. The van der Waals surface area contributed by atoms with E-state index in [1.54, 1.807) is 0 Å². The number of H-pyrrole nitrogens is 1. The van der Waals surface area contributed by atoms with Crippen LogP contribution in [-0.2, 0) is 11.2 Å². The number of hydrogen-bond acceptors (Lipinski definition) is 2. The average Bonchev–Trinajstić information content (AvgIpc) is 2.97. The van der Waals surface area contributed by atoms with E-state index in [1.807, 2.05) is 19.1 Å². The van der Waals surface area contributed by atoms with Gasteiger partial charge in [-0.05, 0) is 37.5 Å². The number of carboxylic acid groups (broad SMARTS) is 1. The van der Waals surface area contributed by atoms with E-state index in [4.69, 9.17) is 0 Å². The number of halogens is 1. The van der Waals surface area contributed by atoms with Crippen LogP contribution in [0.1, 0.15) is 37.1 Å². The molecule has 2 aromatic rings. The van der Waals surface area contributed by atoms with Gasteiger partial charge in [0.05, 0.1) is 16.4 Å². The van der Waals surface area contributed by atoms with Crippen molar-refractivity contribution in [3.63, 3.8) is 0 Å². The van der Waals surface area contributed by atoms with Crippen LogP contribution in [0.25, 0.3) is 11.0 Å². The number of carbonyl (C=O) groups is 1. The van der Waals surface area contributed by atoms with Crippen LogP contribution < -0.4 is 0 Å². The molecule has 3 rings (SSSR count). The summed E-state index contributed by atoms with van der Waals surface area (Å²) in [5.41, 5.74) is 2.36. The molecule has 0 saturated heterocycles. The fraction of sp³-hybridized carbons (Fsp3) is 0.467. The number of fused-ring (bicyclic) bond motifs is 1. The Labute approximate surface area is 125 Å². The van der Waals surface area contributed by atoms with Crippen LogP contribution in [0.5, 0.6) is 0 Å². The summed E-state index contributed by atoms with van der Waals surface area (Å²) in [7, 11) is 0. The Kier molecular flexibility index (Phi) is 3.32. The number of aliphatic carboxylic acids is 1. The van der Waals surface area contributed by atoms with Crippen LogP contribution in [-0.4, -0.2) is 21.0 Å². The molecule has 0 unspecified atom stereocenters. The molecule has 0 bridgehead atoms. The molecule has 0 atom stereocenters. The minimum absolute atomic E-state index is 0.494. The van der Waals surface area contributed by atoms with Gasteiger partial charge in [0.25, 0.3) is 0 Å². The number of nitrogens with zero attached hydrogens (tertiary/aromatic N) is 1. The third kappa shape index (κ3) is 2.24. The molecule has 1 fully saturated rings. The van der Waals surface area contributed by atoms with Crippen molar-refractivity contribution < 1.29 is 9.90 Å². The number of imidazole rings is 1. The van der Waals surface area contributed by atoms with Crippen LogP contribution >= 0.6 is 15.9 Å². The van der Waals surface area contributed by atoms with Crippen molar-refractivity contribution in [2.24, 2.45) is 5.41 Å². The van der Waals surface area contributed by atoms with Crippen LogP contribution in [0.3, 0.4) is 0 Å². The quantitative estimate of drug-likeness (QED) is 0.895. The van der Waals surface area contributed by atoms with E-state index in [2.05, 4.69) is 25.9 Å². The highest BCUT2D eigenvalue weighted by molar-refractivity contribution is 9.10. The molecule has 0 spiro atoms. The largest absolute Gasteiger partial charge is 0.481 e. The second-order valence-electron chi connectivity index (χ2n) is 5.77. The van der Waals surface area contributed by atoms with Crippen molar-refractivity contribution in [1.82, 2.24) is 9.97 Å². The number of aromatic nitrogens is 2. The van der Waals surface area contributed by atoms with Gasteiger partial charge >= 0.3 is 5.97 Å². The van der Waals surface area contributed by atoms with Gasteiger partial charge in [-0.1, -0.05) is 28.8 Å². The summed E-state index contributed by atoms with van der Waals surface area (Å²) in [5.74, 6) is 0.0962. The minimum Gasteiger partial charge on any atom is -0.481 e. The number of aryl methyl sites for hydroxylation is 1. The van der Waals surface area contributed by atoms with E-state index in [9.17, 15) is 9.90 Å². The predicted octanol–water partition coefficient (Wildman–Crippen LogP) is 3.82. The Morgan fingerprint density at radius 1 is 1.45 bits per heavy atom. The number of rotatable bonds is 3. The smallest absolute Gasteiger partial charge is 0.310 e. The van der Waals surface area contributed by atoms with Crippen LogP contribution in [0.15, 0.2) is 16.6 Å². The third-order valence-corrected chi connectivity index (χ3v) is 4.77. The molecule has 4 nitrogen and oxygen atoms in total. The molecule has 0 aliphatic heterocycles. The van der Waals surface area contributed by atoms with E-state index in [0.29, 0.717) is 6.42 Å². The zero-order chi connectivity index (χ0) is 14.3. The first-order valence-electron chi connectivity index (χ1n) is 6.88. The maximum atomic E-state index is 11.6. The molecule has 2 N–H and O–H groups in total. The normalized spacial score (nSPS) is 17.7. The number of aromatic amines is 1. The summed E-state index contributed by atoms with van der Waals surface area (Å²) in [5, 5.41) is 9.55. The lowest BCUT2D eigenvalue weighted by Crippen LogP contribution is -2.30. The zero-order valence-electron chi connectivity index (χ0n) is 11.4. The summed E-state index contributed by atoms with van der Waals surface area (Å²) < 4.78 is 1.01. The molecule has 1 heterocycles. The predicted molar refractivity (Wildman–Crippen MR) is 80.8 cm³/mol. The van der Waals surface area contributed by atoms with Gasteiger partial charge in [-0.3, -0.25) is 4.79 Å². The Hall–Kier alpha value is -1.36. The Morgan fingerprint density at radius 3 is 2.80 bits per heavy atom. The first-order valence-corrected chi connectivity index (χ1v) is 7.68. The second kappa shape index (κ2) is 4.88. The lowest BCUT2D eigenvalue weighted by Gasteiger charge is -2.22. The van der Waals surface area contributed by atoms with Gasteiger partial charge in [0.1, 0.15) is 5.82 Å². The van der Waals surface area contributed by atoms with Crippen LogP contribution in [0, 0.1) is 12.3 Å². The van der Waals surface area contributed by atoms with E-state index >= 15 is 0 Å². The highest BCUT2D eigenvalue weighted by Gasteiger charge is 2.42. The molecular formula is C15H17BrN2O2. The molecule has 0 amide bonds. The SMILES string of the molecule is Cc1cc(Br)cc2[nH]c(CC3(C(=O)O)CCCC3)nc12. The molecule has 20 heavy (non-hydrogen) atoms. The van der Waals surface area contributed by atoms with Gasteiger partial charge in [0, 0.05) is 10.9 Å². The molecule has 1 aromatic carbocycles. The topological polar surface area (TPSA) is 66.0 Å². The zero-order valence-corrected chi connectivity index (χ0v) is 13.0. The maximum Gasteiger partial charge on any atom is 0.310 e. The van der Waals surface area contributed by atoms with Crippen LogP contribution in [0.2, 0.25) is 0 Å². The summed E-state index contributed by atoms with van der Waals surface area (Å²) >= 11 is 3.47. The van der Waals surface area contributed by atoms with Crippen molar-refractivity contribution in [3.05, 3.63) is 28.0 Å². The standard InChI is InChI=1S/C15H17BrN2O2/c1-9-6-10(16)7-11-13(9)18-12(17-11)8-15(14(19)20)4-2-3-5-15/h6-7H,2-5,8H2,1H3,(H,17,18)(H,19,20). The van der Waals surface area contributed by atoms with Crippen molar-refractivity contribution in [2.45, 2.75) is 39.0 Å². The fourth-order valence-electron chi connectivity index (χ4n) is 3.22. The van der Waals surface area contributed by atoms with Crippen molar-refractivity contribution in [1.29, 1.82) is 0 Å². The van der Waals surface area contributed by atoms with Gasteiger partial charge in [-0.2, -0.15) is 0 Å². The van der Waals surface area contributed by atoms with E-state index in [0.717, 1.165) is 52.6 Å². The highest BCUT2D eigenvalue weighted by atomic mass is 79.9. The molecule has 1 aromatic heterocycles. The summed E-state index contributed by atoms with van der Waals surface area (Å²) in [6, 6.07) is 4.01. The monoisotopic (exact) mass is 336 g/mol. The fourth-order valence-corrected chi connectivity index (χ4v) is 3.79. The number of nitrogens with one attached hydrogen (secondary N) is 1. The van der Waals surface area contributed by atoms with Gasteiger partial charge < -0.3 is 10.1 Å². The van der Waals surface area contributed by atoms with E-state index in [-0.39, 0.29) is 0 Å². The van der Waals surface area contributed by atoms with Gasteiger partial charge in [-0.25, -0.2) is 4.98 Å². The van der Waals surface area contributed by atoms with Crippen molar-refractivity contribution in [3.8, 4) is 0 Å². The molecule has 1 aliphatic carbocycles. The summed E-state index contributed by atoms with van der Waals surface area (Å²) in [6.45, 7) is 2.01. The Morgan fingerprint density at radius 2 is 2.15 bits per heavy atom. The lowest BCUT2D eigenvalue weighted by atomic mass is 9.82. The van der Waals surface area contributed by atoms with Crippen molar-refractivity contribution >= 4 is 32.9 Å². The maximum absolute atomic E-state index is 11.6. The minimum atomic E-state index is -0.687. The molecule has 1 saturated carbocycles. The Bertz CT molecular complexity index is 672. The molecule has 0 radical (unpaired) electrons. The first-order chi connectivity index (χ1) is 9.50. The van der Waals surface area contributed by atoms with Gasteiger partial charge in [0.15, 0.2) is 0 Å². The number of hydrogen-bond donors (Lipinski definition) is 2. The van der Waals surface area contributed by atoms with E-state index in [1.165, 1.54) is 0 Å². The van der Waals surface area contributed by atoms with Gasteiger partial charge in [-0.15, -0.1) is 0 Å². The first kappa shape index (κ1) is 13.6. The Balaban J connectivity index is 1.98. The lowest BCUT2D eigenvalue weighted by molar-refractivity contribution is -0.148. The molecule has 5 heteroatoms. The molecule has 106 valence electrons. The molecular weight excluding hydrogens is 320 g/mol. The highest BCUT2D eigenvalue weighted by Crippen LogP contribution is 2.41. The van der Waals surface area contributed by atoms with Gasteiger partial charge in [0.2, 0.25) is 0 Å². The summed E-state index contributed by atoms with van der Waals surface area (Å²) in [4.78, 5) is 19.5. The van der Waals surface area contributed by atoms with Crippen LogP contribution in [0.4, 0.5) is 0 Å². The second-order valence-corrected chi connectivity index (χ2v) is 6.69. The third-order valence-electron chi connectivity index (χ3n) is 4.31. The van der Waals surface area contributed by atoms with E-state index < -0.39 is 11.4 Å².